The van der Waals surface area contributed by atoms with Crippen molar-refractivity contribution in [3.8, 4) is 11.4 Å². The van der Waals surface area contributed by atoms with Crippen LogP contribution in [0.1, 0.15) is 27.3 Å². The highest BCUT2D eigenvalue weighted by Gasteiger charge is 2.12. The smallest absolute Gasteiger partial charge is 0.271 e. The number of carbonyl (C=O) groups is 1. The summed E-state index contributed by atoms with van der Waals surface area (Å²) in [4.78, 5) is 22.5. The second kappa shape index (κ2) is 8.39. The molecule has 148 valence electrons. The zero-order chi connectivity index (χ0) is 21.0. The molecule has 2 aromatic carbocycles. The van der Waals surface area contributed by atoms with Gasteiger partial charge in [-0.15, -0.1) is 0 Å². The van der Waals surface area contributed by atoms with Gasteiger partial charge in [0.05, 0.1) is 18.2 Å². The molecule has 1 amide bonds. The summed E-state index contributed by atoms with van der Waals surface area (Å²) in [6, 6.07) is 15.2. The van der Waals surface area contributed by atoms with Gasteiger partial charge in [0.1, 0.15) is 5.75 Å². The lowest BCUT2D eigenvalue weighted by Crippen LogP contribution is -2.17. The van der Waals surface area contributed by atoms with E-state index in [9.17, 15) is 14.9 Å². The molecule has 0 aliphatic heterocycles. The lowest BCUT2D eigenvalue weighted by Gasteiger charge is -2.10. The molecule has 0 unspecified atom stereocenters. The molecule has 1 N–H and O–H groups in total. The first kappa shape index (κ1) is 19.8. The topological polar surface area (TPSA) is 98.8 Å². The maximum atomic E-state index is 12.2. The van der Waals surface area contributed by atoms with Gasteiger partial charge in [0.2, 0.25) is 0 Å². The third kappa shape index (κ3) is 4.32. The number of methoxy groups -OCH3 is 1. The highest BCUT2D eigenvalue weighted by molar-refractivity contribution is 5.95. The van der Waals surface area contributed by atoms with E-state index in [0.29, 0.717) is 0 Å². The summed E-state index contributed by atoms with van der Waals surface area (Å²) in [5, 5.41) is 14.8. The number of ether oxygens (including phenoxy) is 1. The monoisotopic (exact) mass is 392 g/mol. The Hall–Kier alpha value is -3.94. The molecule has 0 bridgehead atoms. The molecule has 0 fully saturated rings. The fourth-order valence-electron chi connectivity index (χ4n) is 3.03. The predicted octanol–water partition coefficient (Wildman–Crippen LogP) is 3.77. The largest absolute Gasteiger partial charge is 0.497 e. The Morgan fingerprint density at radius 2 is 1.90 bits per heavy atom. The van der Waals surface area contributed by atoms with E-state index in [1.165, 1.54) is 24.3 Å². The lowest BCUT2D eigenvalue weighted by atomic mass is 10.2. The standard InChI is InChI=1S/C21H20N4O4/c1-14-11-17(15(2)24(14)18-7-9-20(29-3)10-8-18)13-22-23-21(26)16-5-4-6-19(12-16)25(27)28/h4-13H,1-3H3,(H,23,26)/b22-13+. The number of non-ortho nitro benzene ring substituents is 1. The van der Waals surface area contributed by atoms with E-state index in [0.717, 1.165) is 28.4 Å². The van der Waals surface area contributed by atoms with Gasteiger partial charge in [0.15, 0.2) is 0 Å². The Morgan fingerprint density at radius 3 is 2.55 bits per heavy atom. The SMILES string of the molecule is COc1ccc(-n2c(C)cc(/C=N/NC(=O)c3cccc([N+](=O)[O-])c3)c2C)cc1. The Kier molecular flexibility index (Phi) is 5.73. The molecule has 0 spiro atoms. The maximum Gasteiger partial charge on any atom is 0.271 e. The van der Waals surface area contributed by atoms with Crippen molar-refractivity contribution in [2.75, 3.05) is 7.11 Å². The Balaban J connectivity index is 1.76. The maximum absolute atomic E-state index is 12.2. The van der Waals surface area contributed by atoms with Crippen molar-refractivity contribution in [2.45, 2.75) is 13.8 Å². The second-order valence-corrected chi connectivity index (χ2v) is 6.37. The molecular weight excluding hydrogens is 372 g/mol. The number of nitrogens with one attached hydrogen (secondary N) is 1. The summed E-state index contributed by atoms with van der Waals surface area (Å²) in [7, 11) is 1.62. The lowest BCUT2D eigenvalue weighted by molar-refractivity contribution is -0.384. The van der Waals surface area contributed by atoms with Crippen molar-refractivity contribution < 1.29 is 14.5 Å². The van der Waals surface area contributed by atoms with Gasteiger partial charge in [0, 0.05) is 40.3 Å². The number of nitro benzene ring substituents is 1. The zero-order valence-corrected chi connectivity index (χ0v) is 16.2. The Labute approximate surface area is 167 Å². The van der Waals surface area contributed by atoms with Gasteiger partial charge in [0.25, 0.3) is 11.6 Å². The first-order chi connectivity index (χ1) is 13.9. The van der Waals surface area contributed by atoms with Crippen molar-refractivity contribution in [3.05, 3.63) is 87.2 Å². The van der Waals surface area contributed by atoms with Crippen LogP contribution < -0.4 is 10.2 Å². The van der Waals surface area contributed by atoms with Crippen molar-refractivity contribution in [1.82, 2.24) is 9.99 Å². The first-order valence-corrected chi connectivity index (χ1v) is 8.82. The zero-order valence-electron chi connectivity index (χ0n) is 16.2. The van der Waals surface area contributed by atoms with E-state index in [-0.39, 0.29) is 11.3 Å². The van der Waals surface area contributed by atoms with Crippen LogP contribution in [0.25, 0.3) is 5.69 Å². The minimum absolute atomic E-state index is 0.148. The average Bonchev–Trinajstić information content (AvgIpc) is 3.01. The highest BCUT2D eigenvalue weighted by atomic mass is 16.6. The molecule has 3 rings (SSSR count). The molecule has 8 heteroatoms. The number of benzene rings is 2. The van der Waals surface area contributed by atoms with Crippen molar-refractivity contribution in [1.29, 1.82) is 0 Å². The molecule has 1 heterocycles. The normalized spacial score (nSPS) is 10.9. The van der Waals surface area contributed by atoms with Gasteiger partial charge < -0.3 is 9.30 Å². The predicted molar refractivity (Wildman–Crippen MR) is 110 cm³/mol. The van der Waals surface area contributed by atoms with Gasteiger partial charge in [-0.25, -0.2) is 5.43 Å². The molecule has 3 aromatic rings. The van der Waals surface area contributed by atoms with E-state index in [1.54, 1.807) is 13.3 Å². The number of nitrogens with zero attached hydrogens (tertiary/aromatic N) is 3. The summed E-state index contributed by atoms with van der Waals surface area (Å²) in [6.07, 6.45) is 1.55. The number of amides is 1. The van der Waals surface area contributed by atoms with Crippen LogP contribution in [0, 0.1) is 24.0 Å². The quantitative estimate of drug-likeness (QED) is 0.392. The van der Waals surface area contributed by atoms with Gasteiger partial charge >= 0.3 is 0 Å². The second-order valence-electron chi connectivity index (χ2n) is 6.37. The molecule has 0 saturated heterocycles. The van der Waals surface area contributed by atoms with E-state index >= 15 is 0 Å². The summed E-state index contributed by atoms with van der Waals surface area (Å²) in [5.41, 5.74) is 6.23. The number of aryl methyl sites for hydroxylation is 1. The van der Waals surface area contributed by atoms with Gasteiger partial charge in [-0.05, 0) is 50.2 Å². The van der Waals surface area contributed by atoms with Crippen LogP contribution in [-0.4, -0.2) is 28.7 Å². The molecular formula is C21H20N4O4. The highest BCUT2D eigenvalue weighted by Crippen LogP contribution is 2.22. The number of carbonyl (C=O) groups excluding carboxylic acids is 1. The van der Waals surface area contributed by atoms with Crippen molar-refractivity contribution >= 4 is 17.8 Å². The van der Waals surface area contributed by atoms with Gasteiger partial charge in [-0.3, -0.25) is 14.9 Å². The van der Waals surface area contributed by atoms with E-state index < -0.39 is 10.8 Å². The third-order valence-corrected chi connectivity index (χ3v) is 4.49. The average molecular weight is 392 g/mol. The molecule has 0 aliphatic carbocycles. The number of hydrogen-bond acceptors (Lipinski definition) is 5. The van der Waals surface area contributed by atoms with Crippen LogP contribution in [0.15, 0.2) is 59.7 Å². The number of hydrazone groups is 1. The Morgan fingerprint density at radius 1 is 1.17 bits per heavy atom. The van der Waals surface area contributed by atoms with Crippen molar-refractivity contribution in [2.24, 2.45) is 5.10 Å². The molecule has 0 saturated carbocycles. The molecule has 29 heavy (non-hydrogen) atoms. The molecule has 0 radical (unpaired) electrons. The molecule has 1 aromatic heterocycles. The number of aromatic nitrogens is 1. The molecule has 8 nitrogen and oxygen atoms in total. The first-order valence-electron chi connectivity index (χ1n) is 8.82. The van der Waals surface area contributed by atoms with E-state index in [1.807, 2.05) is 44.2 Å². The third-order valence-electron chi connectivity index (χ3n) is 4.49. The number of rotatable bonds is 6. The van der Waals surface area contributed by atoms with Gasteiger partial charge in [-0.2, -0.15) is 5.10 Å². The van der Waals surface area contributed by atoms with Gasteiger partial charge in [-0.1, -0.05) is 6.07 Å². The number of nitro groups is 1. The summed E-state index contributed by atoms with van der Waals surface area (Å²) < 4.78 is 7.27. The van der Waals surface area contributed by atoms with E-state index in [2.05, 4.69) is 15.1 Å². The minimum Gasteiger partial charge on any atom is -0.497 e. The van der Waals surface area contributed by atoms with Crippen LogP contribution in [-0.2, 0) is 0 Å². The van der Waals surface area contributed by atoms with Crippen LogP contribution >= 0.6 is 0 Å². The minimum atomic E-state index is -0.548. The number of hydrogen-bond donors (Lipinski definition) is 1. The van der Waals surface area contributed by atoms with E-state index in [4.69, 9.17) is 4.74 Å². The van der Waals surface area contributed by atoms with Crippen molar-refractivity contribution in [3.63, 3.8) is 0 Å². The summed E-state index contributed by atoms with van der Waals surface area (Å²) in [5.74, 6) is 0.260. The van der Waals surface area contributed by atoms with Crippen LogP contribution in [0.2, 0.25) is 0 Å². The Bertz CT molecular complexity index is 1080. The summed E-state index contributed by atoms with van der Waals surface area (Å²) >= 11 is 0. The molecule has 0 atom stereocenters. The summed E-state index contributed by atoms with van der Waals surface area (Å²) in [6.45, 7) is 3.94. The van der Waals surface area contributed by atoms with Crippen LogP contribution in [0.5, 0.6) is 5.75 Å². The fraction of sp³-hybridized carbons (Fsp3) is 0.143. The fourth-order valence-corrected chi connectivity index (χ4v) is 3.03. The molecule has 0 aliphatic rings. The van der Waals surface area contributed by atoms with Crippen LogP contribution in [0.4, 0.5) is 5.69 Å². The van der Waals surface area contributed by atoms with Crippen LogP contribution in [0.3, 0.4) is 0 Å².